The van der Waals surface area contributed by atoms with Crippen molar-refractivity contribution >= 4 is 0 Å². The van der Waals surface area contributed by atoms with Gasteiger partial charge in [0, 0.05) is 6.42 Å². The standard InChI is InChI=1S/C13H26N2/c1-12-6-9-15(10-7-12)11-13-5-3-2-4-8-14-13/h12-14H,2-11H2,1H3/p+2/t13-/m0/s1. The predicted octanol–water partition coefficient (Wildman–Crippen LogP) is -0.193. The summed E-state index contributed by atoms with van der Waals surface area (Å²) in [4.78, 5) is 1.89. The third-order valence-corrected chi connectivity index (χ3v) is 4.31. The molecule has 2 rings (SSSR count). The summed E-state index contributed by atoms with van der Waals surface area (Å²) < 4.78 is 0. The summed E-state index contributed by atoms with van der Waals surface area (Å²) in [5.74, 6) is 0.992. The van der Waals surface area contributed by atoms with Gasteiger partial charge in [0.1, 0.15) is 12.6 Å². The summed E-state index contributed by atoms with van der Waals surface area (Å²) in [5, 5.41) is 2.62. The minimum absolute atomic E-state index is 0.941. The molecule has 15 heavy (non-hydrogen) atoms. The molecule has 2 fully saturated rings. The summed E-state index contributed by atoms with van der Waals surface area (Å²) >= 11 is 0. The first-order valence-corrected chi connectivity index (χ1v) is 7.01. The molecule has 2 heterocycles. The second-order valence-electron chi connectivity index (χ2n) is 5.77. The molecule has 2 nitrogen and oxygen atoms in total. The lowest BCUT2D eigenvalue weighted by Gasteiger charge is -2.29. The molecule has 0 spiro atoms. The molecule has 2 heteroatoms. The Balaban J connectivity index is 1.70. The van der Waals surface area contributed by atoms with E-state index in [2.05, 4.69) is 12.2 Å². The van der Waals surface area contributed by atoms with Crippen molar-refractivity contribution in [1.29, 1.82) is 0 Å². The van der Waals surface area contributed by atoms with E-state index in [1.807, 2.05) is 4.90 Å². The minimum atomic E-state index is 0.941. The topological polar surface area (TPSA) is 21.1 Å². The normalized spacial score (nSPS) is 38.6. The summed E-state index contributed by atoms with van der Waals surface area (Å²) in [7, 11) is 0. The van der Waals surface area contributed by atoms with E-state index in [0.717, 1.165) is 12.0 Å². The molecule has 0 aliphatic carbocycles. The number of quaternary nitrogens is 2. The quantitative estimate of drug-likeness (QED) is 0.633. The third kappa shape index (κ3) is 3.76. The fourth-order valence-corrected chi connectivity index (χ4v) is 3.13. The van der Waals surface area contributed by atoms with Crippen LogP contribution in [0.4, 0.5) is 0 Å². The molecule has 0 amide bonds. The van der Waals surface area contributed by atoms with Crippen molar-refractivity contribution in [3.8, 4) is 0 Å². The maximum absolute atomic E-state index is 2.62. The molecule has 2 aliphatic heterocycles. The van der Waals surface area contributed by atoms with E-state index in [9.17, 15) is 0 Å². The number of hydrogen-bond donors (Lipinski definition) is 2. The Labute approximate surface area is 94.4 Å². The van der Waals surface area contributed by atoms with Crippen LogP contribution in [0, 0.1) is 5.92 Å². The molecule has 2 saturated heterocycles. The highest BCUT2D eigenvalue weighted by Gasteiger charge is 2.24. The van der Waals surface area contributed by atoms with Crippen LogP contribution in [0.25, 0.3) is 0 Å². The SMILES string of the molecule is CC1CC[NH+](C[C@@H]2CCCCC[NH2+]2)CC1. The highest BCUT2D eigenvalue weighted by molar-refractivity contribution is 4.60. The van der Waals surface area contributed by atoms with E-state index in [1.54, 1.807) is 0 Å². The fraction of sp³-hybridized carbons (Fsp3) is 1.00. The Morgan fingerprint density at radius 2 is 1.87 bits per heavy atom. The maximum atomic E-state index is 2.62. The van der Waals surface area contributed by atoms with Crippen molar-refractivity contribution < 1.29 is 10.2 Å². The summed E-state index contributed by atoms with van der Waals surface area (Å²) in [6.07, 6.45) is 8.79. The zero-order valence-electron chi connectivity index (χ0n) is 10.3. The zero-order valence-corrected chi connectivity index (χ0v) is 10.3. The Bertz CT molecular complexity index is 165. The van der Waals surface area contributed by atoms with E-state index in [4.69, 9.17) is 0 Å². The smallest absolute Gasteiger partial charge is 0.135 e. The largest absolute Gasteiger partial charge is 0.339 e. The Hall–Kier alpha value is -0.0800. The van der Waals surface area contributed by atoms with Crippen LogP contribution in [-0.2, 0) is 0 Å². The molecule has 88 valence electrons. The van der Waals surface area contributed by atoms with Crippen LogP contribution < -0.4 is 10.2 Å². The molecule has 2 aliphatic rings. The predicted molar refractivity (Wildman–Crippen MR) is 63.0 cm³/mol. The summed E-state index contributed by atoms with van der Waals surface area (Å²) in [6, 6.07) is 0.941. The Kier molecular flexibility index (Phi) is 4.45. The van der Waals surface area contributed by atoms with Crippen molar-refractivity contribution in [2.75, 3.05) is 26.2 Å². The lowest BCUT2D eigenvalue weighted by atomic mass is 9.98. The number of piperidine rings is 1. The average Bonchev–Trinajstić information content (AvgIpc) is 2.50. The van der Waals surface area contributed by atoms with Gasteiger partial charge in [0.15, 0.2) is 0 Å². The van der Waals surface area contributed by atoms with Crippen molar-refractivity contribution in [3.63, 3.8) is 0 Å². The van der Waals surface area contributed by atoms with Gasteiger partial charge >= 0.3 is 0 Å². The second kappa shape index (κ2) is 5.86. The van der Waals surface area contributed by atoms with Gasteiger partial charge in [-0.3, -0.25) is 0 Å². The van der Waals surface area contributed by atoms with Gasteiger partial charge in [-0.1, -0.05) is 6.92 Å². The molecule has 3 N–H and O–H groups in total. The maximum Gasteiger partial charge on any atom is 0.135 e. The molecule has 0 saturated carbocycles. The number of nitrogens with one attached hydrogen (secondary N) is 1. The second-order valence-corrected chi connectivity index (χ2v) is 5.77. The van der Waals surface area contributed by atoms with E-state index in [1.165, 1.54) is 64.7 Å². The van der Waals surface area contributed by atoms with Crippen LogP contribution in [0.2, 0.25) is 0 Å². The molecule has 1 atom stereocenters. The molecule has 0 radical (unpaired) electrons. The van der Waals surface area contributed by atoms with Gasteiger partial charge in [-0.05, 0) is 38.0 Å². The van der Waals surface area contributed by atoms with Gasteiger partial charge in [-0.2, -0.15) is 0 Å². The summed E-state index contributed by atoms with van der Waals surface area (Å²) in [6.45, 7) is 8.10. The van der Waals surface area contributed by atoms with Crippen LogP contribution in [0.5, 0.6) is 0 Å². The number of likely N-dealkylation sites (tertiary alicyclic amines) is 1. The van der Waals surface area contributed by atoms with Crippen LogP contribution in [0.1, 0.15) is 45.4 Å². The van der Waals surface area contributed by atoms with Gasteiger partial charge in [0.2, 0.25) is 0 Å². The first-order chi connectivity index (χ1) is 7.34. The molecule has 0 bridgehead atoms. The fourth-order valence-electron chi connectivity index (χ4n) is 3.13. The molecule has 0 aromatic heterocycles. The Morgan fingerprint density at radius 1 is 1.07 bits per heavy atom. The van der Waals surface area contributed by atoms with E-state index < -0.39 is 0 Å². The van der Waals surface area contributed by atoms with Crippen LogP contribution in [0.15, 0.2) is 0 Å². The van der Waals surface area contributed by atoms with Gasteiger partial charge in [0.05, 0.1) is 19.6 Å². The van der Waals surface area contributed by atoms with E-state index in [-0.39, 0.29) is 0 Å². The van der Waals surface area contributed by atoms with Gasteiger partial charge in [-0.25, -0.2) is 0 Å². The van der Waals surface area contributed by atoms with Crippen LogP contribution >= 0.6 is 0 Å². The highest BCUT2D eigenvalue weighted by atomic mass is 15.2. The van der Waals surface area contributed by atoms with Crippen molar-refractivity contribution in [3.05, 3.63) is 0 Å². The lowest BCUT2D eigenvalue weighted by Crippen LogP contribution is -3.17. The average molecular weight is 212 g/mol. The van der Waals surface area contributed by atoms with E-state index in [0.29, 0.717) is 0 Å². The van der Waals surface area contributed by atoms with Crippen LogP contribution in [-0.4, -0.2) is 32.2 Å². The molecule has 0 aromatic carbocycles. The monoisotopic (exact) mass is 212 g/mol. The molecular weight excluding hydrogens is 184 g/mol. The van der Waals surface area contributed by atoms with Crippen molar-refractivity contribution in [2.45, 2.75) is 51.5 Å². The third-order valence-electron chi connectivity index (χ3n) is 4.31. The highest BCUT2D eigenvalue weighted by Crippen LogP contribution is 2.07. The Morgan fingerprint density at radius 3 is 2.67 bits per heavy atom. The van der Waals surface area contributed by atoms with Crippen LogP contribution in [0.3, 0.4) is 0 Å². The number of nitrogens with two attached hydrogens (primary N) is 1. The summed E-state index contributed by atoms with van der Waals surface area (Å²) in [5.41, 5.74) is 0. The first-order valence-electron chi connectivity index (χ1n) is 7.01. The minimum Gasteiger partial charge on any atom is -0.339 e. The van der Waals surface area contributed by atoms with Gasteiger partial charge < -0.3 is 10.2 Å². The van der Waals surface area contributed by atoms with Crippen molar-refractivity contribution in [1.82, 2.24) is 0 Å². The van der Waals surface area contributed by atoms with Gasteiger partial charge in [-0.15, -0.1) is 0 Å². The zero-order chi connectivity index (χ0) is 10.5. The van der Waals surface area contributed by atoms with Crippen molar-refractivity contribution in [2.24, 2.45) is 5.92 Å². The lowest BCUT2D eigenvalue weighted by molar-refractivity contribution is -0.924. The van der Waals surface area contributed by atoms with Gasteiger partial charge in [0.25, 0.3) is 0 Å². The first kappa shape index (κ1) is 11.4. The number of hydrogen-bond acceptors (Lipinski definition) is 0. The van der Waals surface area contributed by atoms with E-state index >= 15 is 0 Å². The molecular formula is C13H28N2+2. The molecule has 0 aromatic rings. The molecule has 0 unspecified atom stereocenters. The number of rotatable bonds is 2.